The Balaban J connectivity index is 1.50. The number of hydrazone groups is 1. The summed E-state index contributed by atoms with van der Waals surface area (Å²) in [6.07, 6.45) is 1.96. The monoisotopic (exact) mass is 612 g/mol. The van der Waals surface area contributed by atoms with Gasteiger partial charge in [-0.05, 0) is 74.4 Å². The van der Waals surface area contributed by atoms with E-state index in [0.29, 0.717) is 22.2 Å². The first-order valence-electron chi connectivity index (χ1n) is 12.7. The van der Waals surface area contributed by atoms with Crippen LogP contribution in [0.25, 0.3) is 5.69 Å². The van der Waals surface area contributed by atoms with Crippen molar-refractivity contribution in [1.82, 2.24) is 14.3 Å². The van der Waals surface area contributed by atoms with Crippen molar-refractivity contribution in [3.05, 3.63) is 111 Å². The fraction of sp³-hybridized carbons (Fsp3) is 0.200. The number of carbonyl (C=O) groups is 1. The normalized spacial score (nSPS) is 11.8. The Labute approximate surface area is 250 Å². The number of aromatic nitrogens is 1. The second kappa shape index (κ2) is 13.4. The van der Waals surface area contributed by atoms with Crippen LogP contribution in [0.2, 0.25) is 10.0 Å². The Kier molecular flexibility index (Phi) is 9.88. The van der Waals surface area contributed by atoms with Crippen molar-refractivity contribution >= 4 is 45.3 Å². The van der Waals surface area contributed by atoms with Gasteiger partial charge in [-0.15, -0.1) is 0 Å². The Morgan fingerprint density at radius 2 is 1.73 bits per heavy atom. The molecule has 4 rings (SSSR count). The molecule has 0 radical (unpaired) electrons. The molecular weight excluding hydrogens is 583 g/mol. The van der Waals surface area contributed by atoms with Crippen molar-refractivity contribution in [1.29, 1.82) is 0 Å². The van der Waals surface area contributed by atoms with E-state index in [0.717, 1.165) is 32.5 Å². The summed E-state index contributed by atoms with van der Waals surface area (Å²) in [7, 11) is -2.47. The largest absolute Gasteiger partial charge is 0.497 e. The Bertz CT molecular complexity index is 1650. The lowest BCUT2D eigenvalue weighted by Gasteiger charge is -2.21. The molecule has 0 fully saturated rings. The first kappa shape index (κ1) is 30.3. The third kappa shape index (κ3) is 7.37. The van der Waals surface area contributed by atoms with Gasteiger partial charge in [-0.2, -0.15) is 9.41 Å². The van der Waals surface area contributed by atoms with Gasteiger partial charge in [0, 0.05) is 28.5 Å². The molecule has 3 aromatic carbocycles. The minimum atomic E-state index is -3.98. The number of benzene rings is 3. The van der Waals surface area contributed by atoms with Crippen molar-refractivity contribution in [2.75, 3.05) is 20.2 Å². The van der Waals surface area contributed by atoms with Crippen LogP contribution in [0.1, 0.15) is 22.5 Å². The molecule has 0 bridgehead atoms. The topological polar surface area (TPSA) is 93.0 Å². The fourth-order valence-corrected chi connectivity index (χ4v) is 6.29. The third-order valence-electron chi connectivity index (χ3n) is 6.52. The smallest absolute Gasteiger partial charge is 0.255 e. The van der Waals surface area contributed by atoms with E-state index in [9.17, 15) is 13.2 Å². The summed E-state index contributed by atoms with van der Waals surface area (Å²) in [6.45, 7) is 3.55. The second-order valence-corrected chi connectivity index (χ2v) is 12.1. The average Bonchev–Trinajstić information content (AvgIpc) is 3.23. The van der Waals surface area contributed by atoms with Crippen LogP contribution < -0.4 is 10.2 Å². The van der Waals surface area contributed by atoms with E-state index in [-0.39, 0.29) is 11.4 Å². The molecule has 0 saturated carbocycles. The Morgan fingerprint density at radius 1 is 1.02 bits per heavy atom. The lowest BCUT2D eigenvalue weighted by molar-refractivity contribution is -0.121. The van der Waals surface area contributed by atoms with E-state index in [1.807, 2.05) is 60.9 Å². The number of ether oxygens (including phenoxy) is 1. The molecule has 1 amide bonds. The molecular formula is C30H30Cl2N4O4S. The zero-order valence-electron chi connectivity index (χ0n) is 22.8. The van der Waals surface area contributed by atoms with Gasteiger partial charge >= 0.3 is 0 Å². The van der Waals surface area contributed by atoms with E-state index in [2.05, 4.69) is 10.5 Å². The van der Waals surface area contributed by atoms with E-state index >= 15 is 0 Å². The van der Waals surface area contributed by atoms with Gasteiger partial charge in [0.2, 0.25) is 10.0 Å². The summed E-state index contributed by atoms with van der Waals surface area (Å²) < 4.78 is 35.3. The van der Waals surface area contributed by atoms with E-state index in [1.54, 1.807) is 24.3 Å². The van der Waals surface area contributed by atoms with Crippen LogP contribution in [0, 0.1) is 13.8 Å². The number of aryl methyl sites for hydroxylation is 1. The van der Waals surface area contributed by atoms with Gasteiger partial charge < -0.3 is 9.30 Å². The predicted molar refractivity (Wildman–Crippen MR) is 163 cm³/mol. The molecule has 0 aliphatic rings. The van der Waals surface area contributed by atoms with Gasteiger partial charge in [0.25, 0.3) is 5.91 Å². The van der Waals surface area contributed by atoms with Gasteiger partial charge in [0.05, 0.1) is 35.5 Å². The Morgan fingerprint density at radius 3 is 2.39 bits per heavy atom. The molecule has 0 atom stereocenters. The lowest BCUT2D eigenvalue weighted by atomic mass is 10.1. The zero-order valence-corrected chi connectivity index (χ0v) is 25.2. The molecule has 1 N–H and O–H groups in total. The molecule has 0 saturated heterocycles. The predicted octanol–water partition coefficient (Wildman–Crippen LogP) is 5.79. The van der Waals surface area contributed by atoms with Crippen LogP contribution in [0.4, 0.5) is 0 Å². The van der Waals surface area contributed by atoms with E-state index < -0.39 is 22.5 Å². The summed E-state index contributed by atoms with van der Waals surface area (Å²) in [5.74, 6) is -0.0366. The molecule has 1 aromatic heterocycles. The molecule has 0 aliphatic heterocycles. The SMILES string of the molecule is COc1ccc(S(=O)(=O)N(CCc2ccccc2)CC(=O)N/N=C/c2cc(C)n(-c3ccc(Cl)cc3Cl)c2C)cc1. The number of amides is 1. The number of nitrogens with one attached hydrogen (secondary N) is 1. The van der Waals surface area contributed by atoms with Crippen LogP contribution in [0.3, 0.4) is 0 Å². The number of sulfonamides is 1. The highest BCUT2D eigenvalue weighted by atomic mass is 35.5. The van der Waals surface area contributed by atoms with E-state index in [4.69, 9.17) is 27.9 Å². The van der Waals surface area contributed by atoms with Crippen LogP contribution >= 0.6 is 23.2 Å². The summed E-state index contributed by atoms with van der Waals surface area (Å²) in [6, 6.07) is 22.7. The first-order valence-corrected chi connectivity index (χ1v) is 14.9. The first-order chi connectivity index (χ1) is 19.6. The fourth-order valence-electron chi connectivity index (χ4n) is 4.40. The van der Waals surface area contributed by atoms with Gasteiger partial charge in [-0.3, -0.25) is 4.79 Å². The van der Waals surface area contributed by atoms with Crippen molar-refractivity contribution in [3.63, 3.8) is 0 Å². The molecule has 214 valence electrons. The van der Waals surface area contributed by atoms with Crippen LogP contribution in [-0.2, 0) is 21.2 Å². The van der Waals surface area contributed by atoms with Crippen LogP contribution in [-0.4, -0.2) is 49.6 Å². The standard InChI is InChI=1S/C30H30Cl2N4O4S/c1-21-17-24(22(2)36(21)29-14-9-25(31)18-28(29)32)19-33-34-30(37)20-35(16-15-23-7-5-4-6-8-23)41(38,39)27-12-10-26(40-3)11-13-27/h4-14,17-19H,15-16,20H2,1-3H3,(H,34,37)/b33-19+. The van der Waals surface area contributed by atoms with E-state index in [1.165, 1.54) is 25.5 Å². The minimum Gasteiger partial charge on any atom is -0.497 e. The number of carbonyl (C=O) groups excluding carboxylic acids is 1. The number of nitrogens with zero attached hydrogens (tertiary/aromatic N) is 3. The highest BCUT2D eigenvalue weighted by molar-refractivity contribution is 7.89. The number of rotatable bonds is 11. The lowest BCUT2D eigenvalue weighted by Crippen LogP contribution is -2.40. The molecule has 11 heteroatoms. The third-order valence-corrected chi connectivity index (χ3v) is 8.92. The highest BCUT2D eigenvalue weighted by Crippen LogP contribution is 2.28. The van der Waals surface area contributed by atoms with Crippen molar-refractivity contribution in [2.45, 2.75) is 25.2 Å². The number of hydrogen-bond donors (Lipinski definition) is 1. The molecule has 1 heterocycles. The minimum absolute atomic E-state index is 0.0657. The molecule has 0 aliphatic carbocycles. The number of methoxy groups -OCH3 is 1. The Hall–Kier alpha value is -3.63. The van der Waals surface area contributed by atoms with Gasteiger partial charge in [-0.25, -0.2) is 13.8 Å². The molecule has 8 nitrogen and oxygen atoms in total. The van der Waals surface area contributed by atoms with Gasteiger partial charge in [0.15, 0.2) is 0 Å². The summed E-state index contributed by atoms with van der Waals surface area (Å²) in [5.41, 5.74) is 6.73. The average molecular weight is 614 g/mol. The van der Waals surface area contributed by atoms with Crippen molar-refractivity contribution < 1.29 is 17.9 Å². The van der Waals surface area contributed by atoms with Crippen LogP contribution in [0.15, 0.2) is 88.9 Å². The molecule has 41 heavy (non-hydrogen) atoms. The highest BCUT2D eigenvalue weighted by Gasteiger charge is 2.26. The molecule has 0 spiro atoms. The molecule has 0 unspecified atom stereocenters. The molecule has 4 aromatic rings. The summed E-state index contributed by atoms with van der Waals surface area (Å²) in [4.78, 5) is 13.0. The number of halogens is 2. The van der Waals surface area contributed by atoms with Crippen LogP contribution in [0.5, 0.6) is 5.75 Å². The second-order valence-electron chi connectivity index (χ2n) is 9.30. The quantitative estimate of drug-likeness (QED) is 0.171. The maximum Gasteiger partial charge on any atom is 0.255 e. The maximum absolute atomic E-state index is 13.5. The maximum atomic E-state index is 13.5. The summed E-state index contributed by atoms with van der Waals surface area (Å²) >= 11 is 12.5. The summed E-state index contributed by atoms with van der Waals surface area (Å²) in [5, 5.41) is 5.15. The van der Waals surface area contributed by atoms with Gasteiger partial charge in [0.1, 0.15) is 5.75 Å². The van der Waals surface area contributed by atoms with Gasteiger partial charge in [-0.1, -0.05) is 53.5 Å². The van der Waals surface area contributed by atoms with Crippen molar-refractivity contribution in [2.24, 2.45) is 5.10 Å². The van der Waals surface area contributed by atoms with Crippen molar-refractivity contribution in [3.8, 4) is 11.4 Å². The number of hydrogen-bond acceptors (Lipinski definition) is 5. The zero-order chi connectivity index (χ0) is 29.6.